The minimum atomic E-state index is -4.52. The molecule has 0 aliphatic heterocycles. The Morgan fingerprint density at radius 1 is 1.20 bits per heavy atom. The molecule has 0 bridgehead atoms. The van der Waals surface area contributed by atoms with Gasteiger partial charge in [0.1, 0.15) is 10.5 Å². The molecule has 0 saturated heterocycles. The number of pyridine rings is 1. The summed E-state index contributed by atoms with van der Waals surface area (Å²) in [6.45, 7) is 1.85. The zero-order valence-electron chi connectivity index (χ0n) is 13.1. The Balaban J connectivity index is 1.76. The predicted octanol–water partition coefficient (Wildman–Crippen LogP) is 4.49. The Labute approximate surface area is 145 Å². The topological polar surface area (TPSA) is 51.2 Å². The second-order valence-corrected chi connectivity index (χ2v) is 6.31. The molecule has 0 saturated carbocycles. The highest BCUT2D eigenvalue weighted by Crippen LogP contribution is 2.34. The molecule has 0 spiro atoms. The number of aromatic nitrogens is 1. The minimum absolute atomic E-state index is 0.167. The van der Waals surface area contributed by atoms with Crippen LogP contribution in [0.1, 0.15) is 26.5 Å². The van der Waals surface area contributed by atoms with E-state index >= 15 is 0 Å². The smallest absolute Gasteiger partial charge is 0.269 e. The highest BCUT2D eigenvalue weighted by atomic mass is 32.1. The van der Waals surface area contributed by atoms with Gasteiger partial charge in [0.05, 0.1) is 11.5 Å². The number of hydrogen-bond acceptors (Lipinski definition) is 4. The number of carbonyl (C=O) groups excluding carboxylic acids is 1. The van der Waals surface area contributed by atoms with Gasteiger partial charge in [-0.15, -0.1) is 11.3 Å². The van der Waals surface area contributed by atoms with Crippen molar-refractivity contribution in [2.45, 2.75) is 19.7 Å². The van der Waals surface area contributed by atoms with Crippen LogP contribution in [0, 0.1) is 6.92 Å². The van der Waals surface area contributed by atoms with E-state index in [1.54, 1.807) is 6.92 Å². The summed E-state index contributed by atoms with van der Waals surface area (Å²) in [5.41, 5.74) is 2.79. The Morgan fingerprint density at radius 2 is 1.92 bits per heavy atom. The van der Waals surface area contributed by atoms with Crippen molar-refractivity contribution in [2.24, 2.45) is 0 Å². The molecule has 130 valence electrons. The molecule has 0 radical (unpaired) electrons. The maximum atomic E-state index is 12.8. The van der Waals surface area contributed by atoms with Crippen molar-refractivity contribution in [1.29, 1.82) is 0 Å². The van der Waals surface area contributed by atoms with Crippen LogP contribution in [0.5, 0.6) is 0 Å². The van der Waals surface area contributed by atoms with Crippen LogP contribution < -0.4 is 5.48 Å². The molecule has 3 aromatic rings. The number of benzene rings is 1. The van der Waals surface area contributed by atoms with Crippen LogP contribution in [-0.4, -0.2) is 10.9 Å². The minimum Gasteiger partial charge on any atom is -0.269 e. The zero-order valence-corrected chi connectivity index (χ0v) is 13.9. The third-order valence-corrected chi connectivity index (χ3v) is 4.75. The monoisotopic (exact) mass is 366 g/mol. The van der Waals surface area contributed by atoms with Crippen LogP contribution >= 0.6 is 11.3 Å². The number of nitrogens with zero attached hydrogens (tertiary/aromatic N) is 1. The van der Waals surface area contributed by atoms with Crippen LogP contribution in [0.25, 0.3) is 10.2 Å². The van der Waals surface area contributed by atoms with Crippen molar-refractivity contribution >= 4 is 27.5 Å². The van der Waals surface area contributed by atoms with E-state index in [1.807, 2.05) is 30.3 Å². The highest BCUT2D eigenvalue weighted by molar-refractivity contribution is 7.20. The lowest BCUT2D eigenvalue weighted by molar-refractivity contribution is -0.140. The van der Waals surface area contributed by atoms with Gasteiger partial charge >= 0.3 is 6.18 Å². The number of hydroxylamine groups is 1. The second kappa shape index (κ2) is 6.81. The number of rotatable bonds is 4. The number of amides is 1. The zero-order chi connectivity index (χ0) is 18.0. The first-order valence-electron chi connectivity index (χ1n) is 7.29. The Kier molecular flexibility index (Phi) is 4.73. The first-order valence-corrected chi connectivity index (χ1v) is 8.11. The molecule has 0 fully saturated rings. The molecular formula is C17H13F3N2O2S. The summed E-state index contributed by atoms with van der Waals surface area (Å²) in [4.78, 5) is 21.5. The number of hydrogen-bond donors (Lipinski definition) is 1. The number of halogens is 3. The van der Waals surface area contributed by atoms with Gasteiger partial charge in [-0.2, -0.15) is 13.2 Å². The molecule has 3 rings (SSSR count). The van der Waals surface area contributed by atoms with Crippen molar-refractivity contribution in [1.82, 2.24) is 10.5 Å². The van der Waals surface area contributed by atoms with E-state index in [1.165, 1.54) is 6.07 Å². The molecule has 2 aromatic heterocycles. The SMILES string of the molecule is Cc1c(C(=O)NOCc2ccccc2)sc2nc(C(F)(F)F)ccc12. The van der Waals surface area contributed by atoms with Gasteiger partial charge in [-0.05, 0) is 30.2 Å². The Bertz CT molecular complexity index is 907. The normalized spacial score (nSPS) is 11.7. The molecule has 8 heteroatoms. The van der Waals surface area contributed by atoms with Gasteiger partial charge in [0.15, 0.2) is 0 Å². The van der Waals surface area contributed by atoms with Gasteiger partial charge in [-0.25, -0.2) is 10.5 Å². The predicted molar refractivity (Wildman–Crippen MR) is 88.1 cm³/mol. The summed E-state index contributed by atoms with van der Waals surface area (Å²) in [7, 11) is 0. The summed E-state index contributed by atoms with van der Waals surface area (Å²) >= 11 is 0.905. The average Bonchev–Trinajstić information content (AvgIpc) is 2.91. The van der Waals surface area contributed by atoms with Crippen molar-refractivity contribution in [2.75, 3.05) is 0 Å². The average molecular weight is 366 g/mol. The number of alkyl halides is 3. The van der Waals surface area contributed by atoms with E-state index in [4.69, 9.17) is 4.84 Å². The van der Waals surface area contributed by atoms with Crippen LogP contribution in [-0.2, 0) is 17.6 Å². The standard InChI is InChI=1S/C17H13F3N2O2S/c1-10-12-7-8-13(17(18,19)20)21-16(12)25-14(10)15(23)22-24-9-11-5-3-2-4-6-11/h2-8H,9H2,1H3,(H,22,23). The van der Waals surface area contributed by atoms with Crippen molar-refractivity contribution < 1.29 is 22.8 Å². The van der Waals surface area contributed by atoms with Gasteiger partial charge in [0.25, 0.3) is 5.91 Å². The number of aryl methyl sites for hydroxylation is 1. The van der Waals surface area contributed by atoms with Gasteiger partial charge in [0, 0.05) is 5.39 Å². The van der Waals surface area contributed by atoms with Crippen LogP contribution in [0.4, 0.5) is 13.2 Å². The van der Waals surface area contributed by atoms with Crippen LogP contribution in [0.3, 0.4) is 0 Å². The molecule has 1 N–H and O–H groups in total. The molecule has 4 nitrogen and oxygen atoms in total. The summed E-state index contributed by atoms with van der Waals surface area (Å²) in [5, 5.41) is 0.520. The summed E-state index contributed by atoms with van der Waals surface area (Å²) in [5.74, 6) is -0.509. The van der Waals surface area contributed by atoms with Gasteiger partial charge in [-0.1, -0.05) is 30.3 Å². The van der Waals surface area contributed by atoms with E-state index in [9.17, 15) is 18.0 Å². The second-order valence-electron chi connectivity index (χ2n) is 5.31. The van der Waals surface area contributed by atoms with Crippen molar-refractivity contribution in [3.63, 3.8) is 0 Å². The van der Waals surface area contributed by atoms with Gasteiger partial charge in [-0.3, -0.25) is 9.63 Å². The Morgan fingerprint density at radius 3 is 2.60 bits per heavy atom. The Hall–Kier alpha value is -2.45. The lowest BCUT2D eigenvalue weighted by Crippen LogP contribution is -2.23. The molecular weight excluding hydrogens is 353 g/mol. The molecule has 1 amide bonds. The van der Waals surface area contributed by atoms with E-state index in [0.717, 1.165) is 23.0 Å². The van der Waals surface area contributed by atoms with E-state index in [0.29, 0.717) is 10.9 Å². The molecule has 25 heavy (non-hydrogen) atoms. The summed E-state index contributed by atoms with van der Waals surface area (Å²) in [6.07, 6.45) is -4.52. The maximum Gasteiger partial charge on any atom is 0.433 e. The molecule has 0 aliphatic carbocycles. The molecule has 0 atom stereocenters. The first-order chi connectivity index (χ1) is 11.9. The van der Waals surface area contributed by atoms with E-state index < -0.39 is 17.8 Å². The lowest BCUT2D eigenvalue weighted by atomic mass is 10.2. The summed E-state index contributed by atoms with van der Waals surface area (Å²) in [6, 6.07) is 11.5. The maximum absolute atomic E-state index is 12.8. The largest absolute Gasteiger partial charge is 0.433 e. The van der Waals surface area contributed by atoms with Crippen LogP contribution in [0.2, 0.25) is 0 Å². The van der Waals surface area contributed by atoms with E-state index in [2.05, 4.69) is 10.5 Å². The fraction of sp³-hybridized carbons (Fsp3) is 0.176. The molecule has 0 aliphatic rings. The van der Waals surface area contributed by atoms with Gasteiger partial charge in [0.2, 0.25) is 0 Å². The molecule has 2 heterocycles. The fourth-order valence-corrected chi connectivity index (χ4v) is 3.35. The number of thiophene rings is 1. The third kappa shape index (κ3) is 3.80. The lowest BCUT2D eigenvalue weighted by Gasteiger charge is -2.05. The van der Waals surface area contributed by atoms with E-state index in [-0.39, 0.29) is 16.3 Å². The number of fused-ring (bicyclic) bond motifs is 1. The fourth-order valence-electron chi connectivity index (χ4n) is 2.28. The third-order valence-electron chi connectivity index (χ3n) is 3.55. The molecule has 0 unspecified atom stereocenters. The first kappa shape index (κ1) is 17.4. The van der Waals surface area contributed by atoms with Gasteiger partial charge < -0.3 is 0 Å². The van der Waals surface area contributed by atoms with Crippen molar-refractivity contribution in [3.8, 4) is 0 Å². The van der Waals surface area contributed by atoms with Crippen molar-refractivity contribution in [3.05, 3.63) is 64.2 Å². The molecule has 1 aromatic carbocycles. The number of nitrogens with one attached hydrogen (secondary N) is 1. The highest BCUT2D eigenvalue weighted by Gasteiger charge is 2.33. The summed E-state index contributed by atoms with van der Waals surface area (Å²) < 4.78 is 38.3. The number of carbonyl (C=O) groups is 1. The quantitative estimate of drug-likeness (QED) is 0.693. The van der Waals surface area contributed by atoms with Crippen LogP contribution in [0.15, 0.2) is 42.5 Å².